The molecular formula is C132H84F6N6. The second-order valence-corrected chi connectivity index (χ2v) is 36.2. The first-order chi connectivity index (χ1) is 70.5. The molecule has 144 heavy (non-hydrogen) atoms. The van der Waals surface area contributed by atoms with Gasteiger partial charge >= 0.3 is 0 Å². The quantitative estimate of drug-likeness (QED) is 0.0432. The zero-order valence-electron chi connectivity index (χ0n) is 78.0. The van der Waals surface area contributed by atoms with Gasteiger partial charge in [0.05, 0.1) is 52.3 Å². The average molecular weight is 1870 g/mol. The van der Waals surface area contributed by atoms with Gasteiger partial charge in [0.1, 0.15) is 34.9 Å². The van der Waals surface area contributed by atoms with Crippen LogP contribution in [0.1, 0.15) is 16.7 Å². The molecule has 24 aromatic carbocycles. The number of anilines is 12. The third kappa shape index (κ3) is 17.0. The van der Waals surface area contributed by atoms with Crippen LogP contribution < -0.4 is 19.6 Å². The zero-order chi connectivity index (χ0) is 97.7. The monoisotopic (exact) mass is 1870 g/mol. The fraction of sp³-hybridized carbons (Fsp3) is 0.0152. The first kappa shape index (κ1) is 89.1. The summed E-state index contributed by atoms with van der Waals surface area (Å²) in [6.07, 6.45) is 0. The molecular weight excluding hydrogens is 1780 g/mol. The summed E-state index contributed by atoms with van der Waals surface area (Å²) in [6, 6.07) is 154. The van der Waals surface area contributed by atoms with Gasteiger partial charge in [0.25, 0.3) is 0 Å². The van der Waals surface area contributed by atoms with Crippen LogP contribution in [0.4, 0.5) is 100 Å². The lowest BCUT2D eigenvalue weighted by Gasteiger charge is -2.31. The van der Waals surface area contributed by atoms with Gasteiger partial charge in [-0.2, -0.15) is 5.26 Å². The second kappa shape index (κ2) is 37.8. The SMILES string of the molecule is Cc1cccc(F)c1N(c1cc(-c2ccccc2)cc(-c2ccc(F)cc2)c1)c1ccc2ccc3c(N(c4cc(-c5ccccc5)cc(-c5ccc(F)cc5)c4)c4c(C)cccc4F)ccc4ccc1c2c43.[C-]#[N+]c1cccc(N(c2cc(-c3ccccc3)cc(-c3ccc(F)cc3)c2)c2ccc3ccc4c(N(c5cccc(C#N)c5)c5cc(-c6ccccc6)cc(-c6ccc(F)cc6)c5)ccc5ccc2c3c54)c1. The lowest BCUT2D eigenvalue weighted by atomic mass is 9.91. The zero-order valence-corrected chi connectivity index (χ0v) is 78.0. The highest BCUT2D eigenvalue weighted by Gasteiger charge is 2.31. The van der Waals surface area contributed by atoms with Gasteiger partial charge in [-0.05, 0) is 345 Å². The Bertz CT molecular complexity index is 8560. The van der Waals surface area contributed by atoms with E-state index in [1.54, 1.807) is 48.5 Å². The smallest absolute Gasteiger partial charge is 0.189 e. The van der Waals surface area contributed by atoms with Crippen LogP contribution in [0.2, 0.25) is 0 Å². The number of nitrogens with zero attached hydrogens (tertiary/aromatic N) is 6. The Morgan fingerprint density at radius 3 is 0.743 bits per heavy atom. The molecule has 6 nitrogen and oxygen atoms in total. The molecule has 12 heteroatoms. The van der Waals surface area contributed by atoms with Crippen LogP contribution in [0, 0.1) is 66.7 Å². The molecule has 0 radical (unpaired) electrons. The molecule has 0 N–H and O–H groups in total. The highest BCUT2D eigenvalue weighted by Crippen LogP contribution is 2.55. The minimum Gasteiger partial charge on any atom is -0.311 e. The Kier molecular flexibility index (Phi) is 23.4. The van der Waals surface area contributed by atoms with Crippen molar-refractivity contribution >= 4 is 139 Å². The number of nitriles is 1. The number of benzene rings is 24. The van der Waals surface area contributed by atoms with Gasteiger partial charge in [-0.1, -0.05) is 285 Å². The number of rotatable bonds is 20. The van der Waals surface area contributed by atoms with Crippen molar-refractivity contribution < 1.29 is 26.3 Å². The van der Waals surface area contributed by atoms with Crippen molar-refractivity contribution in [1.29, 1.82) is 5.26 Å². The highest BCUT2D eigenvalue weighted by molar-refractivity contribution is 6.30. The van der Waals surface area contributed by atoms with E-state index in [4.69, 9.17) is 6.57 Å². The normalized spacial score (nSPS) is 11.3. The van der Waals surface area contributed by atoms with E-state index in [-0.39, 0.29) is 34.9 Å². The molecule has 684 valence electrons. The molecule has 0 saturated carbocycles. The van der Waals surface area contributed by atoms with E-state index >= 15 is 8.78 Å². The molecule has 24 rings (SSSR count). The molecule has 0 aliphatic rings. The molecule has 0 aromatic heterocycles. The number of aryl methyl sites for hydroxylation is 2. The number of hydrogen-bond acceptors (Lipinski definition) is 5. The Balaban J connectivity index is 0.000000159. The third-order valence-electron chi connectivity index (χ3n) is 27.3. The lowest BCUT2D eigenvalue weighted by Crippen LogP contribution is -2.15. The molecule has 0 bridgehead atoms. The number of hydrogen-bond donors (Lipinski definition) is 0. The Morgan fingerprint density at radius 2 is 0.465 bits per heavy atom. The van der Waals surface area contributed by atoms with Gasteiger partial charge in [0.15, 0.2) is 5.69 Å². The van der Waals surface area contributed by atoms with Gasteiger partial charge in [0.2, 0.25) is 0 Å². The molecule has 0 aliphatic heterocycles. The van der Waals surface area contributed by atoms with Crippen molar-refractivity contribution in [1.82, 2.24) is 0 Å². The molecule has 0 heterocycles. The maximum absolute atomic E-state index is 16.8. The topological polar surface area (TPSA) is 41.1 Å². The van der Waals surface area contributed by atoms with Crippen molar-refractivity contribution in [2.45, 2.75) is 13.8 Å². The molecule has 0 aliphatic carbocycles. The minimum atomic E-state index is -0.384. The fourth-order valence-corrected chi connectivity index (χ4v) is 20.6. The second-order valence-electron chi connectivity index (χ2n) is 36.2. The largest absolute Gasteiger partial charge is 0.311 e. The number of para-hydroxylation sites is 2. The summed E-state index contributed by atoms with van der Waals surface area (Å²) in [4.78, 5) is 12.3. The highest BCUT2D eigenvalue weighted by atomic mass is 19.1. The van der Waals surface area contributed by atoms with E-state index in [1.165, 1.54) is 60.7 Å². The molecule has 0 atom stereocenters. The van der Waals surface area contributed by atoms with E-state index in [9.17, 15) is 22.8 Å². The van der Waals surface area contributed by atoms with Gasteiger partial charge in [-0.15, -0.1) is 0 Å². The number of halogens is 6. The summed E-state index contributed by atoms with van der Waals surface area (Å²) in [7, 11) is 0. The van der Waals surface area contributed by atoms with E-state index < -0.39 is 0 Å². The van der Waals surface area contributed by atoms with Crippen LogP contribution in [0.3, 0.4) is 0 Å². The molecule has 0 fully saturated rings. The van der Waals surface area contributed by atoms with Gasteiger partial charge in [-0.25, -0.2) is 31.2 Å². The average Bonchev–Trinajstić information content (AvgIpc) is 0.716. The van der Waals surface area contributed by atoms with Crippen LogP contribution in [0.25, 0.3) is 158 Å². The maximum Gasteiger partial charge on any atom is 0.189 e. The van der Waals surface area contributed by atoms with E-state index in [1.807, 2.05) is 206 Å². The van der Waals surface area contributed by atoms with Crippen LogP contribution in [0.5, 0.6) is 0 Å². The summed E-state index contributed by atoms with van der Waals surface area (Å²) in [5.74, 6) is -2.04. The van der Waals surface area contributed by atoms with Crippen LogP contribution in [-0.4, -0.2) is 0 Å². The predicted octanol–water partition coefficient (Wildman–Crippen LogP) is 38.3. The predicted molar refractivity (Wildman–Crippen MR) is 583 cm³/mol. The van der Waals surface area contributed by atoms with Crippen molar-refractivity contribution in [2.75, 3.05) is 19.6 Å². The lowest BCUT2D eigenvalue weighted by molar-refractivity contribution is 0.627. The summed E-state index contributed by atoms with van der Waals surface area (Å²) in [5, 5.41) is 22.2. The molecule has 24 aromatic rings. The van der Waals surface area contributed by atoms with Crippen LogP contribution >= 0.6 is 0 Å². The van der Waals surface area contributed by atoms with Crippen LogP contribution in [-0.2, 0) is 0 Å². The van der Waals surface area contributed by atoms with Gasteiger partial charge in [-0.3, -0.25) is 0 Å². The van der Waals surface area contributed by atoms with Crippen molar-refractivity contribution in [3.05, 3.63) is 536 Å². The van der Waals surface area contributed by atoms with E-state index in [0.717, 1.165) is 222 Å². The van der Waals surface area contributed by atoms with Crippen molar-refractivity contribution in [3.63, 3.8) is 0 Å². The molecule has 0 saturated heterocycles. The van der Waals surface area contributed by atoms with Crippen molar-refractivity contribution in [2.24, 2.45) is 0 Å². The van der Waals surface area contributed by atoms with E-state index in [0.29, 0.717) is 22.6 Å². The standard InChI is InChI=1S/C66H44F4N2.C66H40F2N4/c1-41-11-9-17-59(69)65(41)71(55-37-49(43-13-5-3-6-14-43)35-51(39-55)45-19-27-53(67)28-20-45)61-33-25-47-24-32-58-62(34-26-48-23-31-57(61)63(47)64(48)58)72(66-42(2)12-10-18-60(66)70)56-38-50(44-15-7-4-8-16-44)36-52(40-56)46-21-29-54(68)30-22-46;1-70-56-15-9-17-58(41-56)72(60-38-51(45-13-6-3-7-14-45)36-53(40-60)47-20-28-55(68)29-21-47)64-33-25-49-22-30-61-63(32-24-48-23-31-62(64)66(49)65(48)61)71(57-16-8-10-43(34-57)42-69)59-37-50(44-11-4-2-5-12-44)35-52(39-59)46-18-26-54(67)27-19-46/h3-40H,1-2H3;2-41H. The first-order valence-corrected chi connectivity index (χ1v) is 47.5. The van der Waals surface area contributed by atoms with Gasteiger partial charge in [0, 0.05) is 55.7 Å². The van der Waals surface area contributed by atoms with Crippen LogP contribution in [0.15, 0.2) is 473 Å². The summed E-state index contributed by atoms with van der Waals surface area (Å²) in [5.41, 5.74) is 26.2. The fourth-order valence-electron chi connectivity index (χ4n) is 20.6. The molecule has 0 amide bonds. The van der Waals surface area contributed by atoms with Crippen molar-refractivity contribution in [3.8, 4) is 95.1 Å². The first-order valence-electron chi connectivity index (χ1n) is 47.5. The summed E-state index contributed by atoms with van der Waals surface area (Å²) < 4.78 is 91.2. The Labute approximate surface area is 829 Å². The Hall–Kier alpha value is -18.9. The minimum absolute atomic E-state index is 0.304. The Morgan fingerprint density at radius 1 is 0.215 bits per heavy atom. The molecule has 0 unspecified atom stereocenters. The van der Waals surface area contributed by atoms with E-state index in [2.05, 4.69) is 203 Å². The summed E-state index contributed by atoms with van der Waals surface area (Å²) in [6.45, 7) is 11.9. The van der Waals surface area contributed by atoms with Gasteiger partial charge < -0.3 is 19.6 Å². The molecule has 0 spiro atoms. The summed E-state index contributed by atoms with van der Waals surface area (Å²) >= 11 is 0. The maximum atomic E-state index is 16.8. The third-order valence-corrected chi connectivity index (χ3v) is 27.3.